The number of hydrogen-bond acceptors (Lipinski definition) is 4. The maximum absolute atomic E-state index is 12.4. The van der Waals surface area contributed by atoms with Crippen LogP contribution in [0.25, 0.3) is 11.3 Å². The highest BCUT2D eigenvalue weighted by Crippen LogP contribution is 2.25. The number of oxazole rings is 1. The van der Waals surface area contributed by atoms with E-state index in [9.17, 15) is 4.79 Å². The summed E-state index contributed by atoms with van der Waals surface area (Å²) in [5, 5.41) is 9.83. The number of aromatic nitrogens is 1. The Hall–Kier alpha value is -2.10. The van der Waals surface area contributed by atoms with Gasteiger partial charge in [-0.3, -0.25) is 4.79 Å². The second-order valence-corrected chi connectivity index (χ2v) is 8.55. The van der Waals surface area contributed by atoms with Gasteiger partial charge in [0.2, 0.25) is 11.8 Å². The molecule has 32 heavy (non-hydrogen) atoms. The molecule has 0 spiro atoms. The van der Waals surface area contributed by atoms with Crippen molar-refractivity contribution in [1.29, 1.82) is 0 Å². The van der Waals surface area contributed by atoms with Gasteiger partial charge in [0.1, 0.15) is 6.54 Å². The molecule has 0 radical (unpaired) electrons. The summed E-state index contributed by atoms with van der Waals surface area (Å²) in [7, 11) is 0. The van der Waals surface area contributed by atoms with E-state index in [2.05, 4.69) is 45.0 Å². The number of nitrogens with zero attached hydrogens (tertiary/aromatic N) is 2. The Bertz CT molecular complexity index is 879. The average molecular weight is 553 g/mol. The number of nitrogens with one attached hydrogen (secondary N) is 3. The summed E-state index contributed by atoms with van der Waals surface area (Å²) in [6, 6.07) is 8.57. The zero-order valence-corrected chi connectivity index (χ0v) is 21.8. The minimum atomic E-state index is 0. The first-order chi connectivity index (χ1) is 14.9. The van der Waals surface area contributed by atoms with E-state index in [1.165, 1.54) is 5.56 Å². The lowest BCUT2D eigenvalue weighted by Gasteiger charge is -2.30. The van der Waals surface area contributed by atoms with E-state index in [1.807, 2.05) is 32.9 Å². The summed E-state index contributed by atoms with van der Waals surface area (Å²) in [6.45, 7) is 9.21. The van der Waals surface area contributed by atoms with Crippen LogP contribution in [0.4, 0.5) is 0 Å². The Morgan fingerprint density at radius 1 is 1.25 bits per heavy atom. The summed E-state index contributed by atoms with van der Waals surface area (Å²) in [5.74, 6) is 2.26. The van der Waals surface area contributed by atoms with Crippen molar-refractivity contribution in [3.05, 3.63) is 41.9 Å². The second-order valence-electron chi connectivity index (χ2n) is 8.55. The molecule has 2 atom stereocenters. The number of aryl methyl sites for hydroxylation is 1. The van der Waals surface area contributed by atoms with E-state index in [-0.39, 0.29) is 47.9 Å². The summed E-state index contributed by atoms with van der Waals surface area (Å²) < 4.78 is 5.89. The van der Waals surface area contributed by atoms with Gasteiger partial charge in [0.15, 0.2) is 11.7 Å². The van der Waals surface area contributed by atoms with Crippen molar-refractivity contribution in [3.63, 3.8) is 0 Å². The van der Waals surface area contributed by atoms with Crippen LogP contribution in [0.3, 0.4) is 0 Å². The average Bonchev–Trinajstić information content (AvgIpc) is 3.21. The van der Waals surface area contributed by atoms with E-state index in [0.717, 1.165) is 49.5 Å². The van der Waals surface area contributed by atoms with Crippen molar-refractivity contribution < 1.29 is 9.21 Å². The minimum Gasteiger partial charge on any atom is -0.439 e. The first kappa shape index (κ1) is 26.2. The molecule has 176 valence electrons. The molecule has 3 N–H and O–H groups in total. The van der Waals surface area contributed by atoms with Crippen LogP contribution in [-0.2, 0) is 11.3 Å². The Balaban J connectivity index is 0.00000363. The van der Waals surface area contributed by atoms with E-state index in [0.29, 0.717) is 12.4 Å². The molecule has 0 saturated heterocycles. The van der Waals surface area contributed by atoms with Crippen molar-refractivity contribution >= 4 is 35.8 Å². The van der Waals surface area contributed by atoms with Gasteiger partial charge >= 0.3 is 0 Å². The Labute approximate surface area is 208 Å². The number of benzene rings is 1. The highest BCUT2D eigenvalue weighted by Gasteiger charge is 2.28. The quantitative estimate of drug-likeness (QED) is 0.269. The first-order valence-corrected chi connectivity index (χ1v) is 11.3. The Morgan fingerprint density at radius 3 is 2.69 bits per heavy atom. The fourth-order valence-electron chi connectivity index (χ4n) is 3.86. The molecule has 1 heterocycles. The SMILES string of the molecule is CCNC(=NCc1ncc(-c2ccc(C)cc2)o1)NC1CCCC(C(=O)NC(C)C)C1.I. The summed E-state index contributed by atoms with van der Waals surface area (Å²) in [4.78, 5) is 21.4. The largest absolute Gasteiger partial charge is 0.439 e. The van der Waals surface area contributed by atoms with E-state index in [4.69, 9.17) is 4.42 Å². The summed E-state index contributed by atoms with van der Waals surface area (Å²) >= 11 is 0. The maximum Gasteiger partial charge on any atom is 0.223 e. The van der Waals surface area contributed by atoms with Gasteiger partial charge in [-0.25, -0.2) is 9.98 Å². The monoisotopic (exact) mass is 553 g/mol. The fraction of sp³-hybridized carbons (Fsp3) is 0.542. The van der Waals surface area contributed by atoms with Gasteiger partial charge in [0.25, 0.3) is 0 Å². The van der Waals surface area contributed by atoms with E-state index >= 15 is 0 Å². The third-order valence-corrected chi connectivity index (χ3v) is 5.42. The van der Waals surface area contributed by atoms with E-state index in [1.54, 1.807) is 6.20 Å². The first-order valence-electron chi connectivity index (χ1n) is 11.3. The molecule has 2 aromatic rings. The second kappa shape index (κ2) is 12.8. The predicted molar refractivity (Wildman–Crippen MR) is 139 cm³/mol. The predicted octanol–water partition coefficient (Wildman–Crippen LogP) is 4.41. The van der Waals surface area contributed by atoms with Crippen LogP contribution in [0, 0.1) is 12.8 Å². The van der Waals surface area contributed by atoms with Gasteiger partial charge in [-0.1, -0.05) is 36.2 Å². The van der Waals surface area contributed by atoms with Crippen molar-refractivity contribution in [1.82, 2.24) is 20.9 Å². The number of carbonyl (C=O) groups excluding carboxylic acids is 1. The molecule has 1 aliphatic rings. The zero-order valence-electron chi connectivity index (χ0n) is 19.5. The molecule has 1 aromatic heterocycles. The van der Waals surface area contributed by atoms with Crippen molar-refractivity contribution in [2.45, 2.75) is 72.0 Å². The van der Waals surface area contributed by atoms with Crippen LogP contribution in [0.2, 0.25) is 0 Å². The molecule has 1 aromatic carbocycles. The summed E-state index contributed by atoms with van der Waals surface area (Å²) in [6.07, 6.45) is 5.58. The summed E-state index contributed by atoms with van der Waals surface area (Å²) in [5.41, 5.74) is 2.22. The molecule has 0 bridgehead atoms. The molecule has 0 aliphatic heterocycles. The van der Waals surface area contributed by atoms with Crippen molar-refractivity contribution in [3.8, 4) is 11.3 Å². The molecule has 8 heteroatoms. The molecule has 1 saturated carbocycles. The normalized spacial score (nSPS) is 18.7. The number of guanidine groups is 1. The van der Waals surface area contributed by atoms with Crippen LogP contribution in [0.5, 0.6) is 0 Å². The fourth-order valence-corrected chi connectivity index (χ4v) is 3.86. The smallest absolute Gasteiger partial charge is 0.223 e. The van der Waals surface area contributed by atoms with Gasteiger partial charge in [0, 0.05) is 30.1 Å². The van der Waals surface area contributed by atoms with Gasteiger partial charge in [-0.05, 0) is 47.0 Å². The van der Waals surface area contributed by atoms with Gasteiger partial charge in [-0.15, -0.1) is 24.0 Å². The number of halogens is 1. The third-order valence-electron chi connectivity index (χ3n) is 5.42. The molecule has 1 fully saturated rings. The highest BCUT2D eigenvalue weighted by atomic mass is 127. The van der Waals surface area contributed by atoms with Crippen LogP contribution in [0.1, 0.15) is 57.9 Å². The Kier molecular flexibility index (Phi) is 10.5. The molecule has 2 unspecified atom stereocenters. The molecule has 1 aliphatic carbocycles. The van der Waals surface area contributed by atoms with Gasteiger partial charge in [0.05, 0.1) is 6.20 Å². The number of aliphatic imine (C=N–C) groups is 1. The van der Waals surface area contributed by atoms with Crippen LogP contribution in [-0.4, -0.2) is 35.5 Å². The number of rotatable bonds is 7. The van der Waals surface area contributed by atoms with Crippen molar-refractivity contribution in [2.75, 3.05) is 6.54 Å². The topological polar surface area (TPSA) is 91.6 Å². The molecular formula is C24H36IN5O2. The number of hydrogen-bond donors (Lipinski definition) is 3. The zero-order chi connectivity index (χ0) is 22.2. The number of carbonyl (C=O) groups is 1. The van der Waals surface area contributed by atoms with Crippen LogP contribution in [0.15, 0.2) is 39.9 Å². The molecule has 3 rings (SSSR count). The number of amides is 1. The molecule has 1 amide bonds. The Morgan fingerprint density at radius 2 is 2.00 bits per heavy atom. The molecular weight excluding hydrogens is 517 g/mol. The standard InChI is InChI=1S/C24H35N5O2.HI/c1-5-25-24(29-20-8-6-7-19(13-20)23(30)28-16(2)3)27-15-22-26-14-21(31-22)18-11-9-17(4)10-12-18;/h9-12,14,16,19-20H,5-8,13,15H2,1-4H3,(H,28,30)(H2,25,27,29);1H. The van der Waals surface area contributed by atoms with Crippen molar-refractivity contribution in [2.24, 2.45) is 10.9 Å². The highest BCUT2D eigenvalue weighted by molar-refractivity contribution is 14.0. The molecule has 7 nitrogen and oxygen atoms in total. The lowest BCUT2D eigenvalue weighted by atomic mass is 9.85. The minimum absolute atomic E-state index is 0. The van der Waals surface area contributed by atoms with E-state index < -0.39 is 0 Å². The third kappa shape index (κ3) is 7.79. The van der Waals surface area contributed by atoms with Gasteiger partial charge in [-0.2, -0.15) is 0 Å². The lowest BCUT2D eigenvalue weighted by molar-refractivity contribution is -0.126. The van der Waals surface area contributed by atoms with Gasteiger partial charge < -0.3 is 20.4 Å². The van der Waals surface area contributed by atoms with Crippen LogP contribution < -0.4 is 16.0 Å². The lowest BCUT2D eigenvalue weighted by Crippen LogP contribution is -2.47. The van der Waals surface area contributed by atoms with Crippen LogP contribution >= 0.6 is 24.0 Å². The maximum atomic E-state index is 12.4.